The van der Waals surface area contributed by atoms with E-state index in [2.05, 4.69) is 30.1 Å². The van der Waals surface area contributed by atoms with Gasteiger partial charge in [0, 0.05) is 18.2 Å². The molecule has 2 aromatic rings. The third-order valence-electron chi connectivity index (χ3n) is 5.39. The first-order chi connectivity index (χ1) is 11.7. The molecule has 2 aliphatic rings. The van der Waals surface area contributed by atoms with Crippen molar-refractivity contribution in [1.82, 2.24) is 4.90 Å². The monoisotopic (exact) mass is 325 g/mol. The molecule has 0 N–H and O–H groups in total. The lowest BCUT2D eigenvalue weighted by molar-refractivity contribution is 0.226. The van der Waals surface area contributed by atoms with Gasteiger partial charge in [0.25, 0.3) is 0 Å². The molecule has 0 saturated heterocycles. The second-order valence-corrected chi connectivity index (χ2v) is 6.53. The Labute approximate surface area is 142 Å². The SMILES string of the molecule is COc1ccc2c(c1)C[C@H]1c3c(cc(OC)c(OC)c3-2)CCN1C. The number of likely N-dealkylation sites (N-methyl/N-ethyl adjacent to an activating group) is 1. The van der Waals surface area contributed by atoms with Crippen LogP contribution in [-0.4, -0.2) is 39.8 Å². The molecule has 0 fully saturated rings. The van der Waals surface area contributed by atoms with E-state index < -0.39 is 0 Å². The lowest BCUT2D eigenvalue weighted by Gasteiger charge is -2.40. The van der Waals surface area contributed by atoms with E-state index in [0.29, 0.717) is 6.04 Å². The second-order valence-electron chi connectivity index (χ2n) is 6.53. The molecule has 0 saturated carbocycles. The van der Waals surface area contributed by atoms with Crippen LogP contribution in [0.3, 0.4) is 0 Å². The zero-order chi connectivity index (χ0) is 16.8. The number of hydrogen-bond donors (Lipinski definition) is 0. The molecule has 126 valence electrons. The maximum Gasteiger partial charge on any atom is 0.168 e. The molecular weight excluding hydrogens is 302 g/mol. The van der Waals surface area contributed by atoms with Crippen LogP contribution < -0.4 is 14.2 Å². The number of ether oxygens (including phenoxy) is 3. The van der Waals surface area contributed by atoms with E-state index >= 15 is 0 Å². The van der Waals surface area contributed by atoms with Crippen LogP contribution in [-0.2, 0) is 12.8 Å². The molecular formula is C20H23NO3. The zero-order valence-corrected chi connectivity index (χ0v) is 14.7. The van der Waals surface area contributed by atoms with E-state index in [0.717, 1.165) is 36.6 Å². The van der Waals surface area contributed by atoms with Gasteiger partial charge in [-0.25, -0.2) is 0 Å². The maximum absolute atomic E-state index is 5.78. The molecule has 0 amide bonds. The average Bonchev–Trinajstić information content (AvgIpc) is 2.63. The van der Waals surface area contributed by atoms with Crippen molar-refractivity contribution in [3.05, 3.63) is 41.0 Å². The number of fused-ring (bicyclic) bond motifs is 2. The maximum atomic E-state index is 5.78. The predicted octanol–water partition coefficient (Wildman–Crippen LogP) is 3.46. The van der Waals surface area contributed by atoms with E-state index in [4.69, 9.17) is 14.2 Å². The molecule has 1 aliphatic heterocycles. The molecule has 1 aliphatic carbocycles. The van der Waals surface area contributed by atoms with Crippen LogP contribution in [0.5, 0.6) is 17.2 Å². The van der Waals surface area contributed by atoms with Crippen molar-refractivity contribution in [2.24, 2.45) is 0 Å². The molecule has 1 atom stereocenters. The lowest BCUT2D eigenvalue weighted by Crippen LogP contribution is -2.35. The minimum atomic E-state index is 0.378. The fourth-order valence-electron chi connectivity index (χ4n) is 4.17. The third-order valence-corrected chi connectivity index (χ3v) is 5.39. The highest BCUT2D eigenvalue weighted by Gasteiger charge is 2.36. The van der Waals surface area contributed by atoms with Gasteiger partial charge >= 0.3 is 0 Å². The summed E-state index contributed by atoms with van der Waals surface area (Å²) in [4.78, 5) is 2.44. The molecule has 0 unspecified atom stereocenters. The van der Waals surface area contributed by atoms with Crippen LogP contribution >= 0.6 is 0 Å². The topological polar surface area (TPSA) is 30.9 Å². The molecule has 24 heavy (non-hydrogen) atoms. The quantitative estimate of drug-likeness (QED) is 0.865. The van der Waals surface area contributed by atoms with Gasteiger partial charge in [-0.2, -0.15) is 0 Å². The van der Waals surface area contributed by atoms with Crippen molar-refractivity contribution in [3.8, 4) is 28.4 Å². The fraction of sp³-hybridized carbons (Fsp3) is 0.400. The van der Waals surface area contributed by atoms with Gasteiger partial charge in [0.2, 0.25) is 0 Å². The Morgan fingerprint density at radius 2 is 1.83 bits per heavy atom. The Hall–Kier alpha value is -2.20. The first-order valence-corrected chi connectivity index (χ1v) is 8.33. The van der Waals surface area contributed by atoms with Gasteiger partial charge in [-0.3, -0.25) is 4.90 Å². The van der Waals surface area contributed by atoms with Crippen molar-refractivity contribution in [3.63, 3.8) is 0 Å². The average molecular weight is 325 g/mol. The molecule has 0 aromatic heterocycles. The number of methoxy groups -OCH3 is 3. The largest absolute Gasteiger partial charge is 0.497 e. The van der Waals surface area contributed by atoms with E-state index in [-0.39, 0.29) is 0 Å². The van der Waals surface area contributed by atoms with Gasteiger partial charge in [0.15, 0.2) is 11.5 Å². The number of rotatable bonds is 3. The van der Waals surface area contributed by atoms with Crippen LogP contribution in [0.25, 0.3) is 11.1 Å². The Morgan fingerprint density at radius 1 is 1.00 bits per heavy atom. The summed E-state index contributed by atoms with van der Waals surface area (Å²) in [5.41, 5.74) is 6.51. The van der Waals surface area contributed by atoms with Crippen molar-refractivity contribution < 1.29 is 14.2 Å². The number of hydrogen-bond acceptors (Lipinski definition) is 4. The number of nitrogens with zero attached hydrogens (tertiary/aromatic N) is 1. The van der Waals surface area contributed by atoms with Gasteiger partial charge in [-0.05, 0) is 60.3 Å². The summed E-state index contributed by atoms with van der Waals surface area (Å²) >= 11 is 0. The van der Waals surface area contributed by atoms with Crippen LogP contribution in [0.15, 0.2) is 24.3 Å². The molecule has 4 nitrogen and oxygen atoms in total. The van der Waals surface area contributed by atoms with Crippen LogP contribution in [0.4, 0.5) is 0 Å². The third kappa shape index (κ3) is 2.09. The molecule has 0 radical (unpaired) electrons. The molecule has 2 aromatic carbocycles. The lowest BCUT2D eigenvalue weighted by atomic mass is 9.76. The molecule has 1 heterocycles. The Balaban J connectivity index is 2.05. The minimum Gasteiger partial charge on any atom is -0.497 e. The summed E-state index contributed by atoms with van der Waals surface area (Å²) in [5.74, 6) is 2.55. The Bertz CT molecular complexity index is 800. The summed E-state index contributed by atoms with van der Waals surface area (Å²) in [5, 5.41) is 0. The fourth-order valence-corrected chi connectivity index (χ4v) is 4.17. The highest BCUT2D eigenvalue weighted by molar-refractivity contribution is 5.84. The van der Waals surface area contributed by atoms with E-state index in [9.17, 15) is 0 Å². The molecule has 0 spiro atoms. The van der Waals surface area contributed by atoms with E-state index in [1.54, 1.807) is 21.3 Å². The molecule has 4 rings (SSSR count). The van der Waals surface area contributed by atoms with Gasteiger partial charge in [0.05, 0.1) is 21.3 Å². The van der Waals surface area contributed by atoms with Crippen molar-refractivity contribution in [1.29, 1.82) is 0 Å². The summed E-state index contributed by atoms with van der Waals surface area (Å²) in [6.07, 6.45) is 2.04. The zero-order valence-electron chi connectivity index (χ0n) is 14.7. The number of benzene rings is 2. The van der Waals surface area contributed by atoms with Gasteiger partial charge in [-0.15, -0.1) is 0 Å². The van der Waals surface area contributed by atoms with Crippen molar-refractivity contribution in [2.75, 3.05) is 34.9 Å². The standard InChI is InChI=1S/C20H23NO3/c1-21-8-7-12-11-17(23-3)20(24-4)19-15-6-5-14(22-2)9-13(15)10-16(21)18(12)19/h5-6,9,11,16H,7-8,10H2,1-4H3/t16-/m0/s1. The van der Waals surface area contributed by atoms with Crippen LogP contribution in [0, 0.1) is 0 Å². The summed E-state index contributed by atoms with van der Waals surface area (Å²) in [6.45, 7) is 1.06. The van der Waals surface area contributed by atoms with E-state index in [1.165, 1.54) is 27.8 Å². The van der Waals surface area contributed by atoms with Crippen LogP contribution in [0.1, 0.15) is 22.7 Å². The van der Waals surface area contributed by atoms with Crippen molar-refractivity contribution >= 4 is 0 Å². The highest BCUT2D eigenvalue weighted by atomic mass is 16.5. The summed E-state index contributed by atoms with van der Waals surface area (Å²) in [7, 11) is 7.35. The predicted molar refractivity (Wildman–Crippen MR) is 94.3 cm³/mol. The molecule has 4 heteroatoms. The van der Waals surface area contributed by atoms with Crippen LogP contribution in [0.2, 0.25) is 0 Å². The van der Waals surface area contributed by atoms with Gasteiger partial charge in [0.1, 0.15) is 5.75 Å². The Kier molecular flexibility index (Phi) is 3.65. The van der Waals surface area contributed by atoms with Crippen molar-refractivity contribution in [2.45, 2.75) is 18.9 Å². The van der Waals surface area contributed by atoms with Gasteiger partial charge in [-0.1, -0.05) is 6.07 Å². The summed E-state index contributed by atoms with van der Waals surface area (Å²) in [6, 6.07) is 8.86. The minimum absolute atomic E-state index is 0.378. The smallest absolute Gasteiger partial charge is 0.168 e. The van der Waals surface area contributed by atoms with Gasteiger partial charge < -0.3 is 14.2 Å². The summed E-state index contributed by atoms with van der Waals surface area (Å²) < 4.78 is 16.8. The first kappa shape index (κ1) is 15.3. The second kappa shape index (κ2) is 5.71. The normalized spacial score (nSPS) is 18.6. The van der Waals surface area contributed by atoms with E-state index in [1.807, 2.05) is 6.07 Å². The highest BCUT2D eigenvalue weighted by Crippen LogP contribution is 2.52. The first-order valence-electron chi connectivity index (χ1n) is 8.33. The Morgan fingerprint density at radius 3 is 2.54 bits per heavy atom. The molecule has 0 bridgehead atoms.